The van der Waals surface area contributed by atoms with Gasteiger partial charge in [-0.1, -0.05) is 6.92 Å². The molecular weight excluding hydrogens is 284 g/mol. The Morgan fingerprint density at radius 1 is 1.47 bits per heavy atom. The summed E-state index contributed by atoms with van der Waals surface area (Å²) >= 11 is 1.17. The number of hydrogen-bond acceptors (Lipinski definition) is 4. The minimum atomic E-state index is -3.76. The van der Waals surface area contributed by atoms with Gasteiger partial charge >= 0.3 is 0 Å². The summed E-state index contributed by atoms with van der Waals surface area (Å²) in [6.07, 6.45) is 0.853. The van der Waals surface area contributed by atoms with E-state index in [9.17, 15) is 13.2 Å². The van der Waals surface area contributed by atoms with Crippen LogP contribution in [0.1, 0.15) is 41.7 Å². The van der Waals surface area contributed by atoms with E-state index in [4.69, 9.17) is 5.14 Å². The van der Waals surface area contributed by atoms with E-state index in [0.717, 1.165) is 6.42 Å². The zero-order valence-corrected chi connectivity index (χ0v) is 13.3. The number of carbonyl (C=O) groups excluding carboxylic acids is 1. The fourth-order valence-electron chi connectivity index (χ4n) is 1.87. The molecule has 1 atom stereocenters. The number of nitrogens with two attached hydrogens (primary N) is 1. The number of nitrogens with zero attached hydrogens (tertiary/aromatic N) is 1. The Bertz CT molecular complexity index is 564. The average Bonchev–Trinajstić information content (AvgIpc) is 2.71. The largest absolute Gasteiger partial charge is 0.336 e. The molecule has 1 heterocycles. The lowest BCUT2D eigenvalue weighted by atomic mass is 10.2. The van der Waals surface area contributed by atoms with E-state index < -0.39 is 10.0 Å². The predicted octanol–water partition coefficient (Wildman–Crippen LogP) is 1.96. The van der Waals surface area contributed by atoms with Gasteiger partial charge in [0.1, 0.15) is 0 Å². The van der Waals surface area contributed by atoms with Gasteiger partial charge in [0.05, 0.1) is 9.77 Å². The lowest BCUT2D eigenvalue weighted by Gasteiger charge is -2.26. The average molecular weight is 304 g/mol. The van der Waals surface area contributed by atoms with E-state index in [0.29, 0.717) is 16.3 Å². The standard InChI is InChI=1S/C12H20N2O3S2/c1-5-8(3)14(6-2)12(15)10-7-11(9(4)18-10)19(13,16)17/h7-8H,5-6H2,1-4H3,(H2,13,16,17). The predicted molar refractivity (Wildman–Crippen MR) is 76.9 cm³/mol. The van der Waals surface area contributed by atoms with Crippen molar-refractivity contribution in [3.63, 3.8) is 0 Å². The molecule has 0 aliphatic heterocycles. The number of sulfonamides is 1. The highest BCUT2D eigenvalue weighted by atomic mass is 32.2. The van der Waals surface area contributed by atoms with Gasteiger partial charge in [0, 0.05) is 17.5 Å². The van der Waals surface area contributed by atoms with Gasteiger partial charge in [0.15, 0.2) is 0 Å². The summed E-state index contributed by atoms with van der Waals surface area (Å²) in [5, 5.41) is 5.12. The van der Waals surface area contributed by atoms with Crippen LogP contribution in [0.4, 0.5) is 0 Å². The molecule has 1 rings (SSSR count). The van der Waals surface area contributed by atoms with E-state index in [1.54, 1.807) is 11.8 Å². The summed E-state index contributed by atoms with van der Waals surface area (Å²) in [6.45, 7) is 8.14. The second kappa shape index (κ2) is 6.02. The molecule has 1 amide bonds. The van der Waals surface area contributed by atoms with Crippen LogP contribution in [0.15, 0.2) is 11.0 Å². The Morgan fingerprint density at radius 2 is 2.05 bits per heavy atom. The number of amides is 1. The first-order chi connectivity index (χ1) is 8.72. The number of hydrogen-bond donors (Lipinski definition) is 1. The molecule has 0 saturated carbocycles. The highest BCUT2D eigenvalue weighted by molar-refractivity contribution is 7.89. The van der Waals surface area contributed by atoms with E-state index in [2.05, 4.69) is 0 Å². The minimum absolute atomic E-state index is 0.0426. The third kappa shape index (κ3) is 3.55. The molecular formula is C12H20N2O3S2. The van der Waals surface area contributed by atoms with Crippen LogP contribution < -0.4 is 5.14 Å². The number of aryl methyl sites for hydroxylation is 1. The van der Waals surface area contributed by atoms with Crippen LogP contribution >= 0.6 is 11.3 Å². The normalized spacial score (nSPS) is 13.3. The number of thiophene rings is 1. The molecule has 7 heteroatoms. The van der Waals surface area contributed by atoms with Crippen molar-refractivity contribution in [1.29, 1.82) is 0 Å². The Labute approximate surface area is 118 Å². The van der Waals surface area contributed by atoms with Crippen molar-refractivity contribution in [1.82, 2.24) is 4.90 Å². The van der Waals surface area contributed by atoms with Gasteiger partial charge in [0.25, 0.3) is 5.91 Å². The Balaban J connectivity index is 3.14. The summed E-state index contributed by atoms with van der Waals surface area (Å²) < 4.78 is 22.8. The Kier molecular flexibility index (Phi) is 5.11. The summed E-state index contributed by atoms with van der Waals surface area (Å²) in [5.74, 6) is -0.139. The van der Waals surface area contributed by atoms with E-state index in [1.165, 1.54) is 17.4 Å². The molecule has 0 radical (unpaired) electrons. The van der Waals surface area contributed by atoms with Gasteiger partial charge in [-0.3, -0.25) is 4.79 Å². The second-order valence-electron chi connectivity index (χ2n) is 4.42. The molecule has 0 spiro atoms. The number of primary sulfonamides is 1. The van der Waals surface area contributed by atoms with Crippen molar-refractivity contribution in [2.75, 3.05) is 6.54 Å². The molecule has 0 aromatic carbocycles. The van der Waals surface area contributed by atoms with E-state index in [1.807, 2.05) is 20.8 Å². The first kappa shape index (κ1) is 16.1. The van der Waals surface area contributed by atoms with Crippen LogP contribution in [0.5, 0.6) is 0 Å². The van der Waals surface area contributed by atoms with Crippen molar-refractivity contribution in [2.24, 2.45) is 5.14 Å². The monoisotopic (exact) mass is 304 g/mol. The van der Waals surface area contributed by atoms with Crippen molar-refractivity contribution in [3.8, 4) is 0 Å². The first-order valence-electron chi connectivity index (χ1n) is 6.16. The molecule has 0 bridgehead atoms. The third-order valence-corrected chi connectivity index (χ3v) is 5.32. The van der Waals surface area contributed by atoms with Crippen LogP contribution in [0, 0.1) is 6.92 Å². The third-order valence-electron chi connectivity index (χ3n) is 3.11. The summed E-state index contributed by atoms with van der Waals surface area (Å²) in [6, 6.07) is 1.50. The molecule has 0 aliphatic rings. The molecule has 1 aromatic heterocycles. The molecule has 19 heavy (non-hydrogen) atoms. The smallest absolute Gasteiger partial charge is 0.264 e. The quantitative estimate of drug-likeness (QED) is 0.903. The molecule has 0 fully saturated rings. The van der Waals surface area contributed by atoms with Gasteiger partial charge in [-0.05, 0) is 33.3 Å². The summed E-state index contributed by atoms with van der Waals surface area (Å²) in [7, 11) is -3.76. The lowest BCUT2D eigenvalue weighted by Crippen LogP contribution is -2.37. The maximum Gasteiger partial charge on any atom is 0.264 e. The van der Waals surface area contributed by atoms with Crippen LogP contribution in [-0.4, -0.2) is 31.8 Å². The van der Waals surface area contributed by atoms with Crippen molar-refractivity contribution < 1.29 is 13.2 Å². The maximum absolute atomic E-state index is 12.4. The molecule has 2 N–H and O–H groups in total. The topological polar surface area (TPSA) is 80.5 Å². The molecule has 1 aromatic rings. The fourth-order valence-corrected chi connectivity index (χ4v) is 3.97. The molecule has 1 unspecified atom stereocenters. The highest BCUT2D eigenvalue weighted by Crippen LogP contribution is 2.26. The van der Waals surface area contributed by atoms with Gasteiger partial charge in [-0.2, -0.15) is 0 Å². The van der Waals surface area contributed by atoms with Crippen LogP contribution in [0.2, 0.25) is 0 Å². The number of carbonyl (C=O) groups is 1. The summed E-state index contributed by atoms with van der Waals surface area (Å²) in [4.78, 5) is 15.1. The first-order valence-corrected chi connectivity index (χ1v) is 8.52. The van der Waals surface area contributed by atoms with Crippen LogP contribution in [0.3, 0.4) is 0 Å². The van der Waals surface area contributed by atoms with Gasteiger partial charge in [-0.15, -0.1) is 11.3 Å². The van der Waals surface area contributed by atoms with E-state index >= 15 is 0 Å². The Morgan fingerprint density at radius 3 is 2.42 bits per heavy atom. The molecule has 108 valence electrons. The van der Waals surface area contributed by atoms with Gasteiger partial charge < -0.3 is 4.90 Å². The zero-order chi connectivity index (χ0) is 14.8. The summed E-state index contributed by atoms with van der Waals surface area (Å²) in [5.41, 5.74) is 0. The number of rotatable bonds is 5. The second-order valence-corrected chi connectivity index (χ2v) is 7.21. The fraction of sp³-hybridized carbons (Fsp3) is 0.583. The van der Waals surface area contributed by atoms with Crippen LogP contribution in [-0.2, 0) is 10.0 Å². The highest BCUT2D eigenvalue weighted by Gasteiger charge is 2.24. The van der Waals surface area contributed by atoms with Gasteiger partial charge in [0.2, 0.25) is 10.0 Å². The SMILES string of the molecule is CCC(C)N(CC)C(=O)c1cc(S(N)(=O)=O)c(C)s1. The van der Waals surface area contributed by atoms with Crippen molar-refractivity contribution in [3.05, 3.63) is 15.8 Å². The van der Waals surface area contributed by atoms with Crippen LogP contribution in [0.25, 0.3) is 0 Å². The van der Waals surface area contributed by atoms with Gasteiger partial charge in [-0.25, -0.2) is 13.6 Å². The van der Waals surface area contributed by atoms with Crippen molar-refractivity contribution in [2.45, 2.75) is 45.1 Å². The molecule has 0 aliphatic carbocycles. The molecule has 5 nitrogen and oxygen atoms in total. The zero-order valence-electron chi connectivity index (χ0n) is 11.6. The lowest BCUT2D eigenvalue weighted by molar-refractivity contribution is 0.0705. The molecule has 0 saturated heterocycles. The van der Waals surface area contributed by atoms with E-state index in [-0.39, 0.29) is 16.8 Å². The maximum atomic E-state index is 12.4. The minimum Gasteiger partial charge on any atom is -0.336 e. The Hall–Kier alpha value is -0.920. The van der Waals surface area contributed by atoms with Crippen molar-refractivity contribution >= 4 is 27.3 Å².